The van der Waals surface area contributed by atoms with Gasteiger partial charge in [0.15, 0.2) is 5.82 Å². The summed E-state index contributed by atoms with van der Waals surface area (Å²) in [6, 6.07) is 12.9. The molecule has 12 heteroatoms. The SMILES string of the molecule is CCCC(=O)Nc1ccc(-c2nc3n(n2)N=C(C(C)(C)C)C3=Nc2ccc(N(CC(=O)OCC)CC(=O)OCC)cc2C)cc1. The molecule has 2 aromatic carbocycles. The number of aromatic nitrogens is 3. The lowest BCUT2D eigenvalue weighted by atomic mass is 9.87. The molecule has 1 N–H and O–H groups in total. The number of esters is 2. The highest BCUT2D eigenvalue weighted by atomic mass is 16.5. The highest BCUT2D eigenvalue weighted by Crippen LogP contribution is 2.31. The summed E-state index contributed by atoms with van der Waals surface area (Å²) in [4.78, 5) is 49.5. The molecule has 1 aliphatic heterocycles. The zero-order valence-electron chi connectivity index (χ0n) is 27.0. The van der Waals surface area contributed by atoms with E-state index in [1.165, 1.54) is 4.79 Å². The Morgan fingerprint density at radius 1 is 0.956 bits per heavy atom. The normalized spacial score (nSPS) is 13.3. The van der Waals surface area contributed by atoms with Crippen molar-refractivity contribution in [3.8, 4) is 11.4 Å². The van der Waals surface area contributed by atoms with E-state index in [1.54, 1.807) is 18.7 Å². The molecule has 1 amide bonds. The number of carbonyl (C=O) groups excluding carboxylic acids is 3. The van der Waals surface area contributed by atoms with E-state index in [0.29, 0.717) is 40.8 Å². The van der Waals surface area contributed by atoms with Gasteiger partial charge in [0.25, 0.3) is 0 Å². The van der Waals surface area contributed by atoms with Crippen LogP contribution in [0.2, 0.25) is 0 Å². The van der Waals surface area contributed by atoms with Crippen LogP contribution < -0.4 is 10.2 Å². The summed E-state index contributed by atoms with van der Waals surface area (Å²) < 4.78 is 10.2. The van der Waals surface area contributed by atoms with Gasteiger partial charge in [0, 0.05) is 28.8 Å². The molecule has 0 bridgehead atoms. The second kappa shape index (κ2) is 14.3. The molecule has 2 heterocycles. The molecule has 0 atom stereocenters. The molecule has 0 spiro atoms. The monoisotopic (exact) mass is 615 g/mol. The molecule has 238 valence electrons. The van der Waals surface area contributed by atoms with E-state index in [-0.39, 0.29) is 37.6 Å². The van der Waals surface area contributed by atoms with Crippen LogP contribution in [0, 0.1) is 12.3 Å². The van der Waals surface area contributed by atoms with Crippen molar-refractivity contribution in [2.24, 2.45) is 15.5 Å². The molecule has 0 fully saturated rings. The van der Waals surface area contributed by atoms with Crippen LogP contribution in [0.15, 0.2) is 52.6 Å². The Morgan fingerprint density at radius 3 is 2.16 bits per heavy atom. The van der Waals surface area contributed by atoms with E-state index >= 15 is 0 Å². The van der Waals surface area contributed by atoms with Gasteiger partial charge < -0.3 is 19.7 Å². The maximum absolute atomic E-state index is 12.3. The smallest absolute Gasteiger partial charge is 0.325 e. The Bertz CT molecular complexity index is 1600. The number of amides is 1. The first kappa shape index (κ1) is 33.0. The first-order valence-corrected chi connectivity index (χ1v) is 15.2. The molecule has 0 saturated heterocycles. The molecule has 1 aliphatic rings. The van der Waals surface area contributed by atoms with Crippen LogP contribution in [0.5, 0.6) is 0 Å². The van der Waals surface area contributed by atoms with Crippen LogP contribution in [0.25, 0.3) is 11.4 Å². The fraction of sp³-hybridized carbons (Fsp3) is 0.424. The minimum absolute atomic E-state index is 0.0247. The summed E-state index contributed by atoms with van der Waals surface area (Å²) in [7, 11) is 0. The van der Waals surface area contributed by atoms with Gasteiger partial charge in [-0.05, 0) is 75.2 Å². The number of hydrogen-bond donors (Lipinski definition) is 1. The number of carbonyl (C=O) groups is 3. The molecule has 12 nitrogen and oxygen atoms in total. The van der Waals surface area contributed by atoms with Crippen molar-refractivity contribution in [1.82, 2.24) is 14.9 Å². The third-order valence-corrected chi connectivity index (χ3v) is 6.86. The summed E-state index contributed by atoms with van der Waals surface area (Å²) in [5.74, 6) is 0.105. The molecule has 4 rings (SSSR count). The molecule has 0 saturated carbocycles. The second-order valence-electron chi connectivity index (χ2n) is 11.6. The van der Waals surface area contributed by atoms with Crippen molar-refractivity contribution < 1.29 is 23.9 Å². The summed E-state index contributed by atoms with van der Waals surface area (Å²) in [6.07, 6.45) is 1.25. The van der Waals surface area contributed by atoms with Crippen molar-refractivity contribution in [2.75, 3.05) is 36.5 Å². The Labute approximate surface area is 263 Å². The maximum atomic E-state index is 12.3. The number of anilines is 2. The van der Waals surface area contributed by atoms with Crippen molar-refractivity contribution in [2.45, 2.75) is 61.3 Å². The Kier molecular flexibility index (Phi) is 10.5. The van der Waals surface area contributed by atoms with Gasteiger partial charge in [0.1, 0.15) is 18.8 Å². The van der Waals surface area contributed by atoms with E-state index in [4.69, 9.17) is 24.6 Å². The van der Waals surface area contributed by atoms with Gasteiger partial charge in [-0.3, -0.25) is 14.4 Å². The minimum Gasteiger partial charge on any atom is -0.465 e. The van der Waals surface area contributed by atoms with Crippen LogP contribution in [0.1, 0.15) is 65.8 Å². The second-order valence-corrected chi connectivity index (χ2v) is 11.6. The van der Waals surface area contributed by atoms with Gasteiger partial charge in [0.2, 0.25) is 11.7 Å². The van der Waals surface area contributed by atoms with Crippen LogP contribution in [0.4, 0.5) is 17.1 Å². The number of nitrogens with one attached hydrogen (secondary N) is 1. The zero-order chi connectivity index (χ0) is 32.7. The minimum atomic E-state index is -0.438. The van der Waals surface area contributed by atoms with Gasteiger partial charge >= 0.3 is 11.9 Å². The highest BCUT2D eigenvalue weighted by molar-refractivity contribution is 6.50. The molecular formula is C33H41N7O5. The van der Waals surface area contributed by atoms with E-state index in [9.17, 15) is 14.4 Å². The number of ether oxygens (including phenoxy) is 2. The Morgan fingerprint density at radius 2 is 1.60 bits per heavy atom. The molecule has 1 aromatic heterocycles. The fourth-order valence-electron chi connectivity index (χ4n) is 4.70. The quantitative estimate of drug-likeness (QED) is 0.270. The number of aliphatic imine (C=N–C) groups is 1. The van der Waals surface area contributed by atoms with Gasteiger partial charge in [-0.25, -0.2) is 9.98 Å². The largest absolute Gasteiger partial charge is 0.465 e. The number of aryl methyl sites for hydroxylation is 1. The van der Waals surface area contributed by atoms with Gasteiger partial charge in [-0.2, -0.15) is 5.10 Å². The van der Waals surface area contributed by atoms with Gasteiger partial charge in [-0.1, -0.05) is 27.7 Å². The van der Waals surface area contributed by atoms with Crippen molar-refractivity contribution in [3.05, 3.63) is 53.9 Å². The summed E-state index contributed by atoms with van der Waals surface area (Å²) in [5, 5.41) is 12.3. The standard InChI is InChI=1S/C33H41N7O5/c1-8-11-26(41)34-23-14-12-22(13-15-23)31-36-32-29(30(33(5,6)7)37-40(32)38-31)35-25-17-16-24(18-21(25)4)39(19-27(42)44-9-2)20-28(43)45-10-3/h12-18H,8-11,19-20H2,1-7H3,(H,34,41). The van der Waals surface area contributed by atoms with E-state index in [2.05, 4.69) is 31.2 Å². The van der Waals surface area contributed by atoms with E-state index in [0.717, 1.165) is 23.3 Å². The lowest BCUT2D eigenvalue weighted by molar-refractivity contribution is -0.142. The Balaban J connectivity index is 1.66. The van der Waals surface area contributed by atoms with Gasteiger partial charge in [0.05, 0.1) is 24.6 Å². The number of hydrogen-bond acceptors (Lipinski definition) is 10. The summed E-state index contributed by atoms with van der Waals surface area (Å²) in [5.41, 5.74) is 4.66. The number of benzene rings is 2. The van der Waals surface area contributed by atoms with E-state index in [1.807, 2.05) is 56.3 Å². The average Bonchev–Trinajstić information content (AvgIpc) is 3.54. The average molecular weight is 616 g/mol. The van der Waals surface area contributed by atoms with Crippen molar-refractivity contribution in [1.29, 1.82) is 0 Å². The lowest BCUT2D eigenvalue weighted by Crippen LogP contribution is -2.36. The molecule has 3 aromatic rings. The van der Waals surface area contributed by atoms with Gasteiger partial charge in [-0.15, -0.1) is 9.89 Å². The predicted octanol–water partition coefficient (Wildman–Crippen LogP) is 5.31. The zero-order valence-corrected chi connectivity index (χ0v) is 27.0. The fourth-order valence-corrected chi connectivity index (χ4v) is 4.70. The first-order chi connectivity index (χ1) is 21.4. The third kappa shape index (κ3) is 8.20. The highest BCUT2D eigenvalue weighted by Gasteiger charge is 2.35. The van der Waals surface area contributed by atoms with Crippen LogP contribution in [-0.4, -0.2) is 70.4 Å². The third-order valence-electron chi connectivity index (χ3n) is 6.86. The lowest BCUT2D eigenvalue weighted by Gasteiger charge is -2.23. The van der Waals surface area contributed by atoms with Crippen LogP contribution >= 0.6 is 0 Å². The molecule has 0 radical (unpaired) electrons. The topological polar surface area (TPSA) is 140 Å². The Hall–Kier alpha value is -4.87. The molecule has 0 unspecified atom stereocenters. The maximum Gasteiger partial charge on any atom is 0.325 e. The summed E-state index contributed by atoms with van der Waals surface area (Å²) in [6.45, 7) is 13.8. The predicted molar refractivity (Wildman–Crippen MR) is 174 cm³/mol. The number of nitrogens with zero attached hydrogens (tertiary/aromatic N) is 6. The van der Waals surface area contributed by atoms with Crippen LogP contribution in [-0.2, 0) is 23.9 Å². The van der Waals surface area contributed by atoms with Crippen molar-refractivity contribution >= 4 is 46.3 Å². The molecule has 0 aliphatic carbocycles. The molecule has 45 heavy (non-hydrogen) atoms. The first-order valence-electron chi connectivity index (χ1n) is 15.2. The molecular weight excluding hydrogens is 574 g/mol. The van der Waals surface area contributed by atoms with Crippen LogP contribution in [0.3, 0.4) is 0 Å². The summed E-state index contributed by atoms with van der Waals surface area (Å²) >= 11 is 0. The number of fused-ring (bicyclic) bond motifs is 1. The van der Waals surface area contributed by atoms with E-state index < -0.39 is 11.9 Å². The number of rotatable bonds is 12. The van der Waals surface area contributed by atoms with Crippen molar-refractivity contribution in [3.63, 3.8) is 0 Å².